The first-order valence-corrected chi connectivity index (χ1v) is 9.45. The van der Waals surface area contributed by atoms with Gasteiger partial charge in [0.05, 0.1) is 22.9 Å². The van der Waals surface area contributed by atoms with Crippen molar-refractivity contribution in [2.45, 2.75) is 26.9 Å². The first-order valence-electron chi connectivity index (χ1n) is 8.57. The van der Waals surface area contributed by atoms with Crippen molar-refractivity contribution >= 4 is 45.9 Å². The van der Waals surface area contributed by atoms with Crippen LogP contribution in [-0.2, 0) is 9.53 Å². The first-order chi connectivity index (χ1) is 12.9. The van der Waals surface area contributed by atoms with E-state index in [2.05, 4.69) is 10.3 Å². The molecule has 0 radical (unpaired) electrons. The van der Waals surface area contributed by atoms with Crippen LogP contribution >= 0.6 is 11.3 Å². The second-order valence-electron chi connectivity index (χ2n) is 6.34. The van der Waals surface area contributed by atoms with Gasteiger partial charge < -0.3 is 10.1 Å². The summed E-state index contributed by atoms with van der Waals surface area (Å²) in [5.74, 6) is -0.646. The van der Waals surface area contributed by atoms with E-state index in [1.54, 1.807) is 55.5 Å². The van der Waals surface area contributed by atoms with Crippen LogP contribution in [0.4, 0.5) is 5.69 Å². The second kappa shape index (κ2) is 8.14. The summed E-state index contributed by atoms with van der Waals surface area (Å²) in [5.41, 5.74) is 2.51. The highest BCUT2D eigenvalue weighted by Crippen LogP contribution is 2.25. The lowest BCUT2D eigenvalue weighted by Gasteiger charge is -2.11. The van der Waals surface area contributed by atoms with Crippen molar-refractivity contribution in [2.75, 3.05) is 5.32 Å². The van der Waals surface area contributed by atoms with E-state index >= 15 is 0 Å². The van der Waals surface area contributed by atoms with Gasteiger partial charge in [-0.3, -0.25) is 9.78 Å². The molecule has 2 heterocycles. The number of anilines is 1. The lowest BCUT2D eigenvalue weighted by atomic mass is 10.1. The second-order valence-corrected chi connectivity index (χ2v) is 7.31. The Hall–Kier alpha value is -2.99. The molecule has 138 valence electrons. The zero-order valence-corrected chi connectivity index (χ0v) is 16.2. The number of pyridine rings is 1. The summed E-state index contributed by atoms with van der Waals surface area (Å²) >= 11 is 1.56. The van der Waals surface area contributed by atoms with E-state index in [0.717, 1.165) is 10.6 Å². The third-order valence-corrected chi connectivity index (χ3v) is 4.55. The summed E-state index contributed by atoms with van der Waals surface area (Å²) in [7, 11) is 0. The predicted molar refractivity (Wildman–Crippen MR) is 109 cm³/mol. The van der Waals surface area contributed by atoms with Crippen molar-refractivity contribution in [1.29, 1.82) is 0 Å². The molecule has 3 aromatic rings. The zero-order valence-electron chi connectivity index (χ0n) is 15.4. The minimum Gasteiger partial charge on any atom is -0.459 e. The molecule has 5 nitrogen and oxygen atoms in total. The van der Waals surface area contributed by atoms with Gasteiger partial charge in [0, 0.05) is 22.0 Å². The Morgan fingerprint density at radius 2 is 2.04 bits per heavy atom. The minimum absolute atomic E-state index is 0.203. The van der Waals surface area contributed by atoms with Crippen molar-refractivity contribution in [2.24, 2.45) is 0 Å². The van der Waals surface area contributed by atoms with Crippen molar-refractivity contribution in [3.05, 3.63) is 64.0 Å². The Bertz CT molecular complexity index is 1010. The zero-order chi connectivity index (χ0) is 19.4. The van der Waals surface area contributed by atoms with Gasteiger partial charge in [-0.25, -0.2) is 4.79 Å². The SMILES string of the molecule is Cc1cc(NC(=O)/C=C/c2cccs2)c2cc(C(=O)OC(C)C)ccc2n1. The highest BCUT2D eigenvalue weighted by atomic mass is 32.1. The summed E-state index contributed by atoms with van der Waals surface area (Å²) in [6.07, 6.45) is 3.05. The number of ether oxygens (including phenoxy) is 1. The lowest BCUT2D eigenvalue weighted by molar-refractivity contribution is -0.111. The maximum Gasteiger partial charge on any atom is 0.338 e. The highest BCUT2D eigenvalue weighted by Gasteiger charge is 2.13. The average Bonchev–Trinajstić information content (AvgIpc) is 3.12. The number of nitrogens with one attached hydrogen (secondary N) is 1. The fraction of sp³-hybridized carbons (Fsp3) is 0.190. The number of carbonyl (C=O) groups excluding carboxylic acids is 2. The number of aryl methyl sites for hydroxylation is 1. The Balaban J connectivity index is 1.91. The Morgan fingerprint density at radius 3 is 2.74 bits per heavy atom. The summed E-state index contributed by atoms with van der Waals surface area (Å²) in [5, 5.41) is 5.53. The fourth-order valence-electron chi connectivity index (χ4n) is 2.59. The molecule has 0 saturated carbocycles. The van der Waals surface area contributed by atoms with Gasteiger partial charge in [0.25, 0.3) is 0 Å². The van der Waals surface area contributed by atoms with E-state index in [4.69, 9.17) is 4.74 Å². The van der Waals surface area contributed by atoms with E-state index in [1.165, 1.54) is 6.08 Å². The highest BCUT2D eigenvalue weighted by molar-refractivity contribution is 7.10. The van der Waals surface area contributed by atoms with Gasteiger partial charge in [-0.1, -0.05) is 6.07 Å². The molecule has 0 bridgehead atoms. The Morgan fingerprint density at radius 1 is 1.22 bits per heavy atom. The summed E-state index contributed by atoms with van der Waals surface area (Å²) in [6.45, 7) is 5.46. The van der Waals surface area contributed by atoms with Crippen LogP contribution < -0.4 is 5.32 Å². The molecule has 0 aliphatic carbocycles. The average molecular weight is 380 g/mol. The number of carbonyl (C=O) groups is 2. The Labute approximate surface area is 161 Å². The molecule has 1 N–H and O–H groups in total. The number of thiophene rings is 1. The molecule has 0 aliphatic rings. The molecule has 0 spiro atoms. The number of amides is 1. The molecular weight excluding hydrogens is 360 g/mol. The van der Waals surface area contributed by atoms with Crippen LogP contribution in [0.25, 0.3) is 17.0 Å². The molecule has 27 heavy (non-hydrogen) atoms. The molecule has 0 aliphatic heterocycles. The number of rotatable bonds is 5. The van der Waals surface area contributed by atoms with Crippen LogP contribution in [0.15, 0.2) is 47.9 Å². The molecule has 3 rings (SSSR count). The van der Waals surface area contributed by atoms with Crippen LogP contribution in [0.3, 0.4) is 0 Å². The number of aromatic nitrogens is 1. The van der Waals surface area contributed by atoms with E-state index < -0.39 is 5.97 Å². The van der Waals surface area contributed by atoms with E-state index in [0.29, 0.717) is 22.2 Å². The smallest absolute Gasteiger partial charge is 0.338 e. The number of benzene rings is 1. The standard InChI is InChI=1S/C21H20N2O3S/c1-13(2)26-21(25)15-6-8-18-17(12-15)19(11-14(3)22-18)23-20(24)9-7-16-5-4-10-27-16/h4-13H,1-3H3,(H,22,23,24)/b9-7+. The van der Waals surface area contributed by atoms with Gasteiger partial charge >= 0.3 is 5.97 Å². The third-order valence-electron chi connectivity index (χ3n) is 3.72. The van der Waals surface area contributed by atoms with Crippen LogP contribution in [0.1, 0.15) is 34.8 Å². The van der Waals surface area contributed by atoms with Crippen LogP contribution in [0.5, 0.6) is 0 Å². The molecule has 0 saturated heterocycles. The van der Waals surface area contributed by atoms with Crippen LogP contribution in [0, 0.1) is 6.92 Å². The van der Waals surface area contributed by atoms with Crippen LogP contribution in [0.2, 0.25) is 0 Å². The van der Waals surface area contributed by atoms with Crippen molar-refractivity contribution in [3.8, 4) is 0 Å². The quantitative estimate of drug-likeness (QED) is 0.509. The predicted octanol–water partition coefficient (Wildman–Crippen LogP) is 4.82. The summed E-state index contributed by atoms with van der Waals surface area (Å²) in [6, 6.07) is 10.8. The third kappa shape index (κ3) is 4.80. The number of hydrogen-bond acceptors (Lipinski definition) is 5. The molecular formula is C21H20N2O3S. The molecule has 0 unspecified atom stereocenters. The molecule has 0 fully saturated rings. The molecule has 0 atom stereocenters. The van der Waals surface area contributed by atoms with Crippen molar-refractivity contribution in [1.82, 2.24) is 4.98 Å². The number of hydrogen-bond donors (Lipinski definition) is 1. The summed E-state index contributed by atoms with van der Waals surface area (Å²) < 4.78 is 5.25. The first kappa shape index (κ1) is 18.8. The van der Waals surface area contributed by atoms with Gasteiger partial charge in [-0.2, -0.15) is 0 Å². The van der Waals surface area contributed by atoms with Gasteiger partial charge in [-0.05, 0) is 62.6 Å². The van der Waals surface area contributed by atoms with Gasteiger partial charge in [0.15, 0.2) is 0 Å². The topological polar surface area (TPSA) is 68.3 Å². The fourth-order valence-corrected chi connectivity index (χ4v) is 3.21. The molecule has 1 amide bonds. The largest absolute Gasteiger partial charge is 0.459 e. The van der Waals surface area contributed by atoms with Crippen molar-refractivity contribution < 1.29 is 14.3 Å². The normalized spacial score (nSPS) is 11.3. The Kier molecular flexibility index (Phi) is 5.66. The minimum atomic E-state index is -0.401. The molecule has 2 aromatic heterocycles. The van der Waals surface area contributed by atoms with E-state index in [1.807, 2.05) is 24.4 Å². The van der Waals surface area contributed by atoms with Gasteiger partial charge in [-0.15, -0.1) is 11.3 Å². The number of esters is 1. The van der Waals surface area contributed by atoms with Crippen molar-refractivity contribution in [3.63, 3.8) is 0 Å². The summed E-state index contributed by atoms with van der Waals surface area (Å²) in [4.78, 5) is 30.0. The van der Waals surface area contributed by atoms with Crippen LogP contribution in [-0.4, -0.2) is 23.0 Å². The van der Waals surface area contributed by atoms with Gasteiger partial charge in [0.2, 0.25) is 5.91 Å². The molecule has 6 heteroatoms. The number of nitrogens with zero attached hydrogens (tertiary/aromatic N) is 1. The van der Waals surface area contributed by atoms with E-state index in [-0.39, 0.29) is 12.0 Å². The lowest BCUT2D eigenvalue weighted by Crippen LogP contribution is -2.12. The number of fused-ring (bicyclic) bond motifs is 1. The maximum atomic E-state index is 12.3. The van der Waals surface area contributed by atoms with E-state index in [9.17, 15) is 9.59 Å². The molecule has 1 aromatic carbocycles. The van der Waals surface area contributed by atoms with Gasteiger partial charge in [0.1, 0.15) is 0 Å². The monoisotopic (exact) mass is 380 g/mol. The maximum absolute atomic E-state index is 12.3.